The molecule has 33 heavy (non-hydrogen) atoms. The summed E-state index contributed by atoms with van der Waals surface area (Å²) in [5.74, 6) is 0.639. The van der Waals surface area contributed by atoms with Crippen LogP contribution >= 0.6 is 0 Å². The van der Waals surface area contributed by atoms with Gasteiger partial charge in [-0.3, -0.25) is 9.80 Å². The minimum absolute atomic E-state index is 0.232. The fourth-order valence-corrected chi connectivity index (χ4v) is 4.81. The van der Waals surface area contributed by atoms with Crippen LogP contribution in [0.4, 0.5) is 0 Å². The molecule has 1 saturated heterocycles. The predicted octanol–water partition coefficient (Wildman–Crippen LogP) is 3.70. The van der Waals surface area contributed by atoms with Crippen molar-refractivity contribution in [3.8, 4) is 5.75 Å². The van der Waals surface area contributed by atoms with E-state index in [2.05, 4.69) is 57.5 Å². The molecular weight excluding hydrogens is 416 g/mol. The van der Waals surface area contributed by atoms with Crippen molar-refractivity contribution >= 4 is 16.9 Å². The van der Waals surface area contributed by atoms with Crippen molar-refractivity contribution in [1.82, 2.24) is 19.3 Å². The summed E-state index contributed by atoms with van der Waals surface area (Å²) < 4.78 is 13.9. The van der Waals surface area contributed by atoms with Crippen LogP contribution in [0.5, 0.6) is 5.75 Å². The van der Waals surface area contributed by atoms with Gasteiger partial charge in [0.15, 0.2) is 0 Å². The number of carbonyl (C=O) groups is 1. The number of fused-ring (bicyclic) bond motifs is 3. The fourth-order valence-electron chi connectivity index (χ4n) is 4.81. The van der Waals surface area contributed by atoms with Crippen LogP contribution < -0.4 is 4.74 Å². The van der Waals surface area contributed by atoms with Gasteiger partial charge in [-0.25, -0.2) is 4.79 Å². The third-order valence-electron chi connectivity index (χ3n) is 6.63. The largest absolute Gasteiger partial charge is 0.478 e. The van der Waals surface area contributed by atoms with Crippen LogP contribution in [0.2, 0.25) is 0 Å². The number of piperazine rings is 1. The molecule has 7 heteroatoms. The molecule has 2 aliphatic heterocycles. The lowest BCUT2D eigenvalue weighted by molar-refractivity contribution is 0.0524. The Bertz CT molecular complexity index is 1000. The van der Waals surface area contributed by atoms with Gasteiger partial charge in [0.25, 0.3) is 0 Å². The van der Waals surface area contributed by atoms with Crippen LogP contribution in [-0.2, 0) is 24.4 Å². The number of esters is 1. The van der Waals surface area contributed by atoms with Crippen LogP contribution in [0.3, 0.4) is 0 Å². The molecule has 2 aromatic rings. The van der Waals surface area contributed by atoms with Gasteiger partial charge in [-0.2, -0.15) is 0 Å². The lowest BCUT2D eigenvalue weighted by Gasteiger charge is -2.32. The number of hydrogen-bond donors (Lipinski definition) is 0. The van der Waals surface area contributed by atoms with Gasteiger partial charge >= 0.3 is 5.97 Å². The molecule has 7 nitrogen and oxygen atoms in total. The summed E-state index contributed by atoms with van der Waals surface area (Å²) in [5.41, 5.74) is 3.93. The molecule has 0 bridgehead atoms. The van der Waals surface area contributed by atoms with Crippen molar-refractivity contribution in [2.24, 2.45) is 0 Å². The number of nitrogens with zero attached hydrogens (tertiary/aromatic N) is 4. The van der Waals surface area contributed by atoms with Crippen molar-refractivity contribution in [2.75, 3.05) is 53.6 Å². The summed E-state index contributed by atoms with van der Waals surface area (Å²) in [6, 6.07) is 4.18. The normalized spacial score (nSPS) is 18.1. The van der Waals surface area contributed by atoms with E-state index in [1.807, 2.05) is 14.0 Å². The van der Waals surface area contributed by atoms with E-state index in [-0.39, 0.29) is 5.97 Å². The molecule has 0 spiro atoms. The Balaban J connectivity index is 1.87. The Morgan fingerprint density at radius 2 is 1.88 bits per heavy atom. The van der Waals surface area contributed by atoms with Crippen LogP contribution in [0.1, 0.15) is 48.3 Å². The maximum absolute atomic E-state index is 13.4. The van der Waals surface area contributed by atoms with Crippen LogP contribution in [0.15, 0.2) is 24.3 Å². The molecule has 0 aliphatic carbocycles. The highest BCUT2D eigenvalue weighted by molar-refractivity contribution is 6.08. The Kier molecular flexibility index (Phi) is 7.73. The first-order valence-corrected chi connectivity index (χ1v) is 12.2. The molecule has 3 heterocycles. The second-order valence-corrected chi connectivity index (χ2v) is 9.22. The first kappa shape index (κ1) is 23.8. The topological polar surface area (TPSA) is 50.2 Å². The molecule has 1 aromatic carbocycles. The first-order chi connectivity index (χ1) is 16.0. The van der Waals surface area contributed by atoms with Gasteiger partial charge < -0.3 is 18.9 Å². The van der Waals surface area contributed by atoms with Gasteiger partial charge in [0.1, 0.15) is 12.5 Å². The number of hydrogen-bond acceptors (Lipinski definition) is 6. The van der Waals surface area contributed by atoms with E-state index in [0.717, 1.165) is 86.6 Å². The van der Waals surface area contributed by atoms with E-state index in [9.17, 15) is 4.79 Å². The smallest absolute Gasteiger partial charge is 0.340 e. The first-order valence-electron chi connectivity index (χ1n) is 12.2. The molecular formula is C26H38N4O3. The summed E-state index contributed by atoms with van der Waals surface area (Å²) in [4.78, 5) is 20.3. The average Bonchev–Trinajstić information content (AvgIpc) is 3.12. The standard InChI is InChI=1S/C26H38N4O3/c1-5-7-8-9-12-30-21-10-11-23-20(17-28(4)19-33-23)24(21)25(26(31)32-6-2)22(30)18-29-15-13-27(3)14-16-29/h8-11H,5-7,12-19H2,1-4H3/b9-8-. The molecule has 0 N–H and O–H groups in total. The Hall–Kier alpha value is -2.35. The summed E-state index contributed by atoms with van der Waals surface area (Å²) in [5, 5.41) is 0.991. The lowest BCUT2D eigenvalue weighted by Crippen LogP contribution is -2.44. The Labute approximate surface area is 197 Å². The van der Waals surface area contributed by atoms with Crippen molar-refractivity contribution in [2.45, 2.75) is 46.3 Å². The van der Waals surface area contributed by atoms with Crippen molar-refractivity contribution < 1.29 is 14.3 Å². The molecule has 2 aliphatic rings. The van der Waals surface area contributed by atoms with E-state index < -0.39 is 0 Å². The van der Waals surface area contributed by atoms with Crippen LogP contribution in [0, 0.1) is 0 Å². The Morgan fingerprint density at radius 3 is 2.61 bits per heavy atom. The highest BCUT2D eigenvalue weighted by Gasteiger charge is 2.30. The zero-order valence-corrected chi connectivity index (χ0v) is 20.6. The molecule has 4 rings (SSSR count). The molecule has 0 amide bonds. The van der Waals surface area contributed by atoms with Crippen LogP contribution in [0.25, 0.3) is 10.9 Å². The minimum atomic E-state index is -0.232. The van der Waals surface area contributed by atoms with E-state index in [0.29, 0.717) is 18.9 Å². The zero-order valence-electron chi connectivity index (χ0n) is 20.6. The number of likely N-dealkylation sites (N-methyl/N-ethyl adjacent to an activating group) is 1. The third-order valence-corrected chi connectivity index (χ3v) is 6.63. The zero-order chi connectivity index (χ0) is 23.4. The molecule has 1 fully saturated rings. The number of benzene rings is 1. The predicted molar refractivity (Wildman–Crippen MR) is 132 cm³/mol. The van der Waals surface area contributed by atoms with E-state index in [4.69, 9.17) is 9.47 Å². The molecule has 0 atom stereocenters. The number of aromatic nitrogens is 1. The summed E-state index contributed by atoms with van der Waals surface area (Å²) in [7, 11) is 4.21. The van der Waals surface area contributed by atoms with E-state index >= 15 is 0 Å². The molecule has 0 saturated carbocycles. The number of rotatable bonds is 8. The molecule has 0 radical (unpaired) electrons. The number of carbonyl (C=O) groups excluding carboxylic acids is 1. The highest BCUT2D eigenvalue weighted by atomic mass is 16.5. The quantitative estimate of drug-likeness (QED) is 0.448. The maximum Gasteiger partial charge on any atom is 0.340 e. The van der Waals surface area contributed by atoms with Gasteiger partial charge in [-0.05, 0) is 39.6 Å². The number of allylic oxidation sites excluding steroid dienone is 2. The molecule has 180 valence electrons. The van der Waals surface area contributed by atoms with E-state index in [1.165, 1.54) is 0 Å². The Morgan fingerprint density at radius 1 is 1.09 bits per heavy atom. The maximum atomic E-state index is 13.4. The highest BCUT2D eigenvalue weighted by Crippen LogP contribution is 2.38. The average molecular weight is 455 g/mol. The summed E-state index contributed by atoms with van der Waals surface area (Å²) in [6.45, 7) is 11.3. The SMILES string of the molecule is CCC/C=C\Cn1c(CN2CCN(C)CC2)c(C(=O)OCC)c2c3c(ccc21)OCN(C)C3. The molecule has 0 unspecified atom stereocenters. The second-order valence-electron chi connectivity index (χ2n) is 9.22. The fraction of sp³-hybridized carbons (Fsp3) is 0.577. The summed E-state index contributed by atoms with van der Waals surface area (Å²) >= 11 is 0. The number of unbranched alkanes of at least 4 members (excludes halogenated alkanes) is 1. The minimum Gasteiger partial charge on any atom is -0.478 e. The molecule has 1 aromatic heterocycles. The van der Waals surface area contributed by atoms with Gasteiger partial charge in [0.2, 0.25) is 0 Å². The van der Waals surface area contributed by atoms with Crippen molar-refractivity contribution in [3.63, 3.8) is 0 Å². The lowest BCUT2D eigenvalue weighted by atomic mass is 10.0. The van der Waals surface area contributed by atoms with Gasteiger partial charge in [-0.15, -0.1) is 0 Å². The third kappa shape index (κ3) is 5.10. The number of ether oxygens (including phenoxy) is 2. The van der Waals surface area contributed by atoms with E-state index in [1.54, 1.807) is 0 Å². The van der Waals surface area contributed by atoms with Gasteiger partial charge in [0, 0.05) is 62.5 Å². The van der Waals surface area contributed by atoms with Crippen molar-refractivity contribution in [1.29, 1.82) is 0 Å². The van der Waals surface area contributed by atoms with Crippen molar-refractivity contribution in [3.05, 3.63) is 41.1 Å². The van der Waals surface area contributed by atoms with Gasteiger partial charge in [-0.1, -0.05) is 25.5 Å². The summed E-state index contributed by atoms with van der Waals surface area (Å²) in [6.07, 6.45) is 6.66. The van der Waals surface area contributed by atoms with Gasteiger partial charge in [0.05, 0.1) is 17.7 Å². The van der Waals surface area contributed by atoms with Crippen LogP contribution in [-0.4, -0.2) is 78.8 Å². The second kappa shape index (κ2) is 10.7. The monoisotopic (exact) mass is 454 g/mol.